The van der Waals surface area contributed by atoms with E-state index in [1.165, 1.54) is 36.8 Å². The number of sulfonamides is 1. The molecule has 2 N–H and O–H groups in total. The van der Waals surface area contributed by atoms with Gasteiger partial charge in [0.1, 0.15) is 0 Å². The third-order valence-electron chi connectivity index (χ3n) is 2.65. The lowest BCUT2D eigenvalue weighted by molar-refractivity contribution is 0.601. The van der Waals surface area contributed by atoms with Crippen LogP contribution in [0.3, 0.4) is 0 Å². The number of imidazole rings is 1. The number of rotatable bonds is 3. The highest BCUT2D eigenvalue weighted by Gasteiger charge is 2.14. The Kier molecular flexibility index (Phi) is 3.07. The van der Waals surface area contributed by atoms with E-state index >= 15 is 0 Å². The summed E-state index contributed by atoms with van der Waals surface area (Å²) in [5, 5.41) is 0.476. The Bertz CT molecular complexity index is 859. The van der Waals surface area contributed by atoms with Crippen molar-refractivity contribution < 1.29 is 8.42 Å². The third kappa shape index (κ3) is 2.45. The number of fused-ring (bicyclic) bond motifs is 1. The lowest BCUT2D eigenvalue weighted by Crippen LogP contribution is -2.12. The van der Waals surface area contributed by atoms with Gasteiger partial charge in [-0.3, -0.25) is 4.72 Å². The maximum absolute atomic E-state index is 12.2. The Balaban J connectivity index is 1.94. The third-order valence-corrected chi connectivity index (χ3v) is 4.30. The number of nitrogens with one attached hydrogen (secondary N) is 2. The maximum atomic E-state index is 12.2. The summed E-state index contributed by atoms with van der Waals surface area (Å²) in [4.78, 5) is 11.0. The number of pyridine rings is 1. The Morgan fingerprint density at radius 1 is 1.15 bits per heavy atom. The summed E-state index contributed by atoms with van der Waals surface area (Å²) in [7, 11) is -3.66. The Labute approximate surface area is 119 Å². The lowest BCUT2D eigenvalue weighted by atomic mass is 10.4. The summed E-state index contributed by atoms with van der Waals surface area (Å²) in [6.07, 6.45) is 2.91. The minimum absolute atomic E-state index is 0.131. The molecule has 102 valence electrons. The van der Waals surface area contributed by atoms with Gasteiger partial charge in [0.05, 0.1) is 28.6 Å². The number of nitrogens with zero attached hydrogens (tertiary/aromatic N) is 2. The minimum atomic E-state index is -3.66. The van der Waals surface area contributed by atoms with E-state index in [1.54, 1.807) is 6.07 Å². The second kappa shape index (κ2) is 4.77. The van der Waals surface area contributed by atoms with Crippen molar-refractivity contribution in [2.24, 2.45) is 0 Å². The van der Waals surface area contributed by atoms with Crippen LogP contribution in [0.5, 0.6) is 0 Å². The number of benzene rings is 1. The van der Waals surface area contributed by atoms with Crippen LogP contribution in [0.1, 0.15) is 0 Å². The number of aromatic nitrogens is 3. The van der Waals surface area contributed by atoms with E-state index in [4.69, 9.17) is 11.6 Å². The summed E-state index contributed by atoms with van der Waals surface area (Å²) >= 11 is 5.74. The van der Waals surface area contributed by atoms with Gasteiger partial charge in [-0.1, -0.05) is 11.6 Å². The van der Waals surface area contributed by atoms with Crippen LogP contribution in [0.15, 0.2) is 47.8 Å². The molecule has 20 heavy (non-hydrogen) atoms. The molecule has 0 aliphatic carbocycles. The van der Waals surface area contributed by atoms with Gasteiger partial charge in [0, 0.05) is 5.02 Å². The molecule has 0 aliphatic rings. The predicted molar refractivity (Wildman–Crippen MR) is 76.1 cm³/mol. The second-order valence-electron chi connectivity index (χ2n) is 4.06. The first kappa shape index (κ1) is 12.9. The Hall–Kier alpha value is -2.12. The van der Waals surface area contributed by atoms with Gasteiger partial charge in [0.2, 0.25) is 0 Å². The van der Waals surface area contributed by atoms with Gasteiger partial charge >= 0.3 is 0 Å². The van der Waals surface area contributed by atoms with Crippen LogP contribution >= 0.6 is 11.6 Å². The number of hydrogen-bond acceptors (Lipinski definition) is 4. The van der Waals surface area contributed by atoms with Crippen LogP contribution in [0.4, 0.5) is 5.69 Å². The molecule has 1 aromatic carbocycles. The molecule has 2 aromatic heterocycles. The van der Waals surface area contributed by atoms with Gasteiger partial charge in [-0.05, 0) is 30.3 Å². The van der Waals surface area contributed by atoms with Crippen molar-refractivity contribution in [1.29, 1.82) is 0 Å². The van der Waals surface area contributed by atoms with Gasteiger partial charge in [-0.25, -0.2) is 18.4 Å². The monoisotopic (exact) mass is 308 g/mol. The molecular formula is C12H9ClN4O2S. The van der Waals surface area contributed by atoms with Gasteiger partial charge in [-0.15, -0.1) is 0 Å². The lowest BCUT2D eigenvalue weighted by Gasteiger charge is -2.07. The van der Waals surface area contributed by atoms with Crippen molar-refractivity contribution in [2.45, 2.75) is 4.90 Å². The van der Waals surface area contributed by atoms with E-state index in [0.29, 0.717) is 21.9 Å². The normalized spacial score (nSPS) is 11.7. The molecule has 3 aromatic rings. The average Bonchev–Trinajstić information content (AvgIpc) is 2.86. The molecule has 0 amide bonds. The van der Waals surface area contributed by atoms with Crippen molar-refractivity contribution in [3.63, 3.8) is 0 Å². The zero-order valence-electron chi connectivity index (χ0n) is 10.0. The summed E-state index contributed by atoms with van der Waals surface area (Å²) in [5.74, 6) is 0. The highest BCUT2D eigenvalue weighted by atomic mass is 35.5. The van der Waals surface area contributed by atoms with Gasteiger partial charge < -0.3 is 4.98 Å². The summed E-state index contributed by atoms with van der Waals surface area (Å²) in [6, 6.07) is 7.54. The molecule has 2 heterocycles. The van der Waals surface area contributed by atoms with E-state index < -0.39 is 10.0 Å². The molecule has 3 rings (SSSR count). The number of hydrogen-bond donors (Lipinski definition) is 2. The molecule has 0 aliphatic heterocycles. The smallest absolute Gasteiger partial charge is 0.261 e. The summed E-state index contributed by atoms with van der Waals surface area (Å²) < 4.78 is 26.8. The number of halogens is 1. The van der Waals surface area contributed by atoms with E-state index in [0.717, 1.165) is 0 Å². The van der Waals surface area contributed by atoms with E-state index in [1.807, 2.05) is 0 Å². The number of aromatic amines is 1. The van der Waals surface area contributed by atoms with Gasteiger partial charge in [-0.2, -0.15) is 0 Å². The van der Waals surface area contributed by atoms with Gasteiger partial charge in [0.15, 0.2) is 5.65 Å². The molecule has 0 spiro atoms. The van der Waals surface area contributed by atoms with Crippen molar-refractivity contribution in [1.82, 2.24) is 15.0 Å². The maximum Gasteiger partial charge on any atom is 0.261 e. The largest absolute Gasteiger partial charge is 0.343 e. The van der Waals surface area contributed by atoms with Crippen LogP contribution < -0.4 is 4.72 Å². The van der Waals surface area contributed by atoms with Crippen molar-refractivity contribution in [3.8, 4) is 0 Å². The molecule has 0 saturated carbocycles. The fraction of sp³-hybridized carbons (Fsp3) is 0. The van der Waals surface area contributed by atoms with Crippen molar-refractivity contribution >= 4 is 38.5 Å². The highest BCUT2D eigenvalue weighted by Crippen LogP contribution is 2.19. The highest BCUT2D eigenvalue weighted by molar-refractivity contribution is 7.92. The number of anilines is 1. The quantitative estimate of drug-likeness (QED) is 0.777. The summed E-state index contributed by atoms with van der Waals surface area (Å²) in [6.45, 7) is 0. The first-order chi connectivity index (χ1) is 9.54. The van der Waals surface area contributed by atoms with E-state index in [9.17, 15) is 8.42 Å². The van der Waals surface area contributed by atoms with Crippen LogP contribution in [0, 0.1) is 0 Å². The molecular weight excluding hydrogens is 300 g/mol. The molecule has 8 heteroatoms. The van der Waals surface area contributed by atoms with Gasteiger partial charge in [0.25, 0.3) is 10.0 Å². The fourth-order valence-corrected chi connectivity index (χ4v) is 2.87. The topological polar surface area (TPSA) is 87.7 Å². The first-order valence-corrected chi connectivity index (χ1v) is 7.48. The number of H-pyrrole nitrogens is 1. The first-order valence-electron chi connectivity index (χ1n) is 5.62. The molecule has 0 fully saturated rings. The SMILES string of the molecule is O=S(=O)(Nc1cnc2nc[nH]c2c1)c1ccc(Cl)cc1. The van der Waals surface area contributed by atoms with Crippen LogP contribution in [-0.2, 0) is 10.0 Å². The standard InChI is InChI=1S/C12H9ClN4O2S/c13-8-1-3-10(4-2-8)20(18,19)17-9-5-11-12(14-6-9)16-7-15-11/h1-7,17H,(H,14,15,16). The second-order valence-corrected chi connectivity index (χ2v) is 6.18. The summed E-state index contributed by atoms with van der Waals surface area (Å²) in [5.41, 5.74) is 1.54. The molecule has 0 bridgehead atoms. The zero-order chi connectivity index (χ0) is 14.2. The molecule has 0 radical (unpaired) electrons. The van der Waals surface area contributed by atoms with Crippen LogP contribution in [0.25, 0.3) is 11.2 Å². The Morgan fingerprint density at radius 3 is 2.65 bits per heavy atom. The zero-order valence-corrected chi connectivity index (χ0v) is 11.6. The van der Waals surface area contributed by atoms with Crippen LogP contribution in [0.2, 0.25) is 5.02 Å². The fourth-order valence-electron chi connectivity index (χ4n) is 1.71. The molecule has 0 atom stereocenters. The molecule has 0 unspecified atom stereocenters. The van der Waals surface area contributed by atoms with Crippen molar-refractivity contribution in [2.75, 3.05) is 4.72 Å². The predicted octanol–water partition coefficient (Wildman–Crippen LogP) is 2.41. The average molecular weight is 309 g/mol. The minimum Gasteiger partial charge on any atom is -0.343 e. The van der Waals surface area contributed by atoms with E-state index in [2.05, 4.69) is 19.7 Å². The Morgan fingerprint density at radius 2 is 1.90 bits per heavy atom. The van der Waals surface area contributed by atoms with Crippen molar-refractivity contribution in [3.05, 3.63) is 47.9 Å². The molecule has 0 saturated heterocycles. The molecule has 6 nitrogen and oxygen atoms in total. The van der Waals surface area contributed by atoms with E-state index in [-0.39, 0.29) is 4.90 Å². The van der Waals surface area contributed by atoms with Crippen LogP contribution in [-0.4, -0.2) is 23.4 Å².